The average Bonchev–Trinajstić information content (AvgIpc) is 2.52. The zero-order valence-electron chi connectivity index (χ0n) is 46.6. The quantitative estimate of drug-likeness (QED) is 0.107. The van der Waals surface area contributed by atoms with Crippen LogP contribution in [0, 0.1) is 0 Å². The van der Waals surface area contributed by atoms with E-state index in [2.05, 4.69) is 0 Å². The molecule has 88 heavy (non-hydrogen) atoms. The molecule has 0 amide bonds. The maximum absolute atomic E-state index is 11.6. The van der Waals surface area contributed by atoms with Gasteiger partial charge in [-0.1, -0.05) is 6.92 Å². The first-order chi connectivity index (χ1) is 41.9. The van der Waals surface area contributed by atoms with Gasteiger partial charge in [0.05, 0.1) is 52.4 Å². The molecule has 512 valence electrons. The van der Waals surface area contributed by atoms with E-state index in [1.807, 2.05) is 0 Å². The van der Waals surface area contributed by atoms with Gasteiger partial charge in [0.25, 0.3) is 0 Å². The molecular formula is C49H82O39. The largest absolute Gasteiger partial charge is 0.394 e. The SMILES string of the molecule is CCC1O[C@@H]2O[C@@H]3C(CO)O[C@H](O[C@@H]4C(CO)O[C@H](O[C@@H]5C(CO)O[C@H](O[C@@H]6C(CO)O[C@H](O[C@@H]7C(O)[C@@H](OC(CO)[C@H]7O)O[C@@H]7C(CO)O[C@H](O[C@@H]8C(CO)O[C@H](O[C@H]1[C@H](O)C2O)C(O)[C@H]8O)C(O)[C@H]7O)C(O)[C@H]6O)C(O)[C@H]5O)C(O)[C@H]4O)C(O)[C@H]3O. The molecule has 0 spiro atoms. The minimum absolute atomic E-state index is 0.0820. The Morgan fingerprint density at radius 1 is 0.170 bits per heavy atom. The lowest BCUT2D eigenvalue weighted by Gasteiger charge is -2.50. The predicted molar refractivity (Wildman–Crippen MR) is 264 cm³/mol. The van der Waals surface area contributed by atoms with Crippen LogP contribution in [-0.2, 0) is 75.8 Å². The Kier molecular flexibility index (Phi) is 24.1. The average molecular weight is 1300 g/mol. The molecule has 39 heteroatoms. The van der Waals surface area contributed by atoms with Gasteiger partial charge in [-0.2, -0.15) is 0 Å². The summed E-state index contributed by atoms with van der Waals surface area (Å²) in [5.41, 5.74) is 0. The van der Waals surface area contributed by atoms with Gasteiger partial charge in [-0.3, -0.25) is 0 Å². The van der Waals surface area contributed by atoms with Crippen molar-refractivity contribution >= 4 is 0 Å². The molecule has 26 fully saturated rings. The molecule has 0 aromatic heterocycles. The zero-order chi connectivity index (χ0) is 64.1. The highest BCUT2D eigenvalue weighted by Crippen LogP contribution is 2.40. The molecule has 16 unspecified atom stereocenters. The summed E-state index contributed by atoms with van der Waals surface area (Å²) in [4.78, 5) is 0. The number of rotatable bonds is 8. The summed E-state index contributed by atoms with van der Waals surface area (Å²) in [5, 5.41) is 256. The van der Waals surface area contributed by atoms with Crippen LogP contribution in [0.5, 0.6) is 0 Å². The fraction of sp³-hybridized carbons (Fsp3) is 1.00. The van der Waals surface area contributed by atoms with Crippen LogP contribution in [0.4, 0.5) is 0 Å². The van der Waals surface area contributed by atoms with Crippen LogP contribution < -0.4 is 0 Å². The molecule has 16 bridgehead atoms. The molecule has 0 radical (unpaired) electrons. The second-order valence-electron chi connectivity index (χ2n) is 22.7. The molecule has 26 rings (SSSR count). The van der Waals surface area contributed by atoms with Crippen molar-refractivity contribution in [1.82, 2.24) is 0 Å². The van der Waals surface area contributed by atoms with Gasteiger partial charge in [-0.05, 0) is 6.42 Å². The van der Waals surface area contributed by atoms with Crippen molar-refractivity contribution in [2.24, 2.45) is 0 Å². The van der Waals surface area contributed by atoms with Crippen molar-refractivity contribution in [2.45, 2.75) is 259 Å². The second-order valence-corrected chi connectivity index (χ2v) is 22.7. The zero-order valence-corrected chi connectivity index (χ0v) is 46.6. The molecule has 26 heterocycles. The van der Waals surface area contributed by atoms with E-state index in [1.165, 1.54) is 6.92 Å². The van der Waals surface area contributed by atoms with Gasteiger partial charge in [0.1, 0.15) is 189 Å². The molecule has 0 aromatic carbocycles. The highest BCUT2D eigenvalue weighted by Gasteiger charge is 2.60. The molecule has 40 atom stereocenters. The molecule has 26 aliphatic rings. The first kappa shape index (κ1) is 70.7. The standard InChI is InChI=1S/C49H82O39/c1-2-10-34-19(58)26(65)42(73-10)82-35-12(4-51)76-44(28(67)21(35)60)84-37-14(6-53)77-45(29(68)22(37)61)85-38-15(7-54)78-46(30(69)23(38)62)86-39-16(8-55)80-48(32(71)25(39)64)88-41-18(57)11(3-50)74-49(33(41)72)87-40-17(9-56)79-47(31(70)24(40)63)83-36-13(5-52)75-43(81-34)27(66)20(36)59/h10-72H,2-9H2,1H3/t10?,11?,12?,13?,14?,15?,16?,17?,18-,19-,20-,21-,22-,23-,24-,25-,26?,27?,28?,29?,30?,31?,32?,33?,34-,35-,36-,37-,38-,39-,40-,41+,42-,43-,44-,45-,46-,47-,48-,49+/m1/s1. The highest BCUT2D eigenvalue weighted by atomic mass is 16.8. The third-order valence-corrected chi connectivity index (χ3v) is 17.1. The van der Waals surface area contributed by atoms with Crippen LogP contribution in [0.25, 0.3) is 0 Å². The van der Waals surface area contributed by atoms with Crippen molar-refractivity contribution in [3.05, 3.63) is 0 Å². The predicted octanol–water partition coefficient (Wildman–Crippen LogP) is -16.0. The molecule has 0 aromatic rings. The van der Waals surface area contributed by atoms with Gasteiger partial charge in [-0.15, -0.1) is 0 Å². The minimum Gasteiger partial charge on any atom is -0.394 e. The number of hydrogen-bond acceptors (Lipinski definition) is 39. The molecule has 39 nitrogen and oxygen atoms in total. The Labute approximate surface area is 497 Å². The van der Waals surface area contributed by atoms with Crippen LogP contribution in [0.1, 0.15) is 13.3 Å². The van der Waals surface area contributed by atoms with Crippen LogP contribution >= 0.6 is 0 Å². The Bertz CT molecular complexity index is 2140. The van der Waals surface area contributed by atoms with Crippen molar-refractivity contribution in [2.75, 3.05) is 46.2 Å². The summed E-state index contributed by atoms with van der Waals surface area (Å²) >= 11 is 0. The van der Waals surface area contributed by atoms with Crippen LogP contribution in [-0.4, -0.2) is 409 Å². The van der Waals surface area contributed by atoms with Crippen LogP contribution in [0.3, 0.4) is 0 Å². The molecular weight excluding hydrogens is 1210 g/mol. The number of aliphatic hydroxyl groups is 23. The first-order valence-electron chi connectivity index (χ1n) is 28.5. The van der Waals surface area contributed by atoms with Crippen molar-refractivity contribution in [1.29, 1.82) is 0 Å². The van der Waals surface area contributed by atoms with Gasteiger partial charge in [0, 0.05) is 0 Å². The van der Waals surface area contributed by atoms with Crippen molar-refractivity contribution in [3.8, 4) is 0 Å². The summed E-state index contributed by atoms with van der Waals surface area (Å²) in [7, 11) is 0. The molecule has 26 saturated heterocycles. The van der Waals surface area contributed by atoms with Gasteiger partial charge in [0.2, 0.25) is 0 Å². The lowest BCUT2D eigenvalue weighted by atomic mass is 9.94. The number of ether oxygens (including phenoxy) is 16. The summed E-state index contributed by atoms with van der Waals surface area (Å²) in [5.74, 6) is 0. The molecule has 23 N–H and O–H groups in total. The van der Waals surface area contributed by atoms with E-state index in [-0.39, 0.29) is 6.42 Å². The third kappa shape index (κ3) is 13.8. The van der Waals surface area contributed by atoms with E-state index in [0.29, 0.717) is 0 Å². The summed E-state index contributed by atoms with van der Waals surface area (Å²) in [6, 6.07) is 0. The third-order valence-electron chi connectivity index (χ3n) is 17.1. The summed E-state index contributed by atoms with van der Waals surface area (Å²) in [6.45, 7) is -5.91. The maximum Gasteiger partial charge on any atom is 0.187 e. The topological polar surface area (TPSA) is 613 Å². The van der Waals surface area contributed by atoms with Gasteiger partial charge in [-0.25, -0.2) is 0 Å². The fourth-order valence-electron chi connectivity index (χ4n) is 12.1. The maximum atomic E-state index is 11.6. The number of aliphatic hydroxyl groups excluding tert-OH is 23. The first-order valence-corrected chi connectivity index (χ1v) is 28.5. The van der Waals surface area contributed by atoms with Gasteiger partial charge >= 0.3 is 0 Å². The molecule has 0 aliphatic carbocycles. The van der Waals surface area contributed by atoms with Crippen molar-refractivity contribution in [3.63, 3.8) is 0 Å². The van der Waals surface area contributed by atoms with Gasteiger partial charge < -0.3 is 193 Å². The lowest BCUT2D eigenvalue weighted by Crippen LogP contribution is -2.68. The molecule has 26 aliphatic heterocycles. The monoisotopic (exact) mass is 1290 g/mol. The van der Waals surface area contributed by atoms with E-state index in [0.717, 1.165) is 0 Å². The smallest absolute Gasteiger partial charge is 0.187 e. The van der Waals surface area contributed by atoms with E-state index >= 15 is 0 Å². The van der Waals surface area contributed by atoms with E-state index in [4.69, 9.17) is 75.8 Å². The fourth-order valence-corrected chi connectivity index (χ4v) is 12.1. The van der Waals surface area contributed by atoms with Gasteiger partial charge in [0.15, 0.2) is 50.3 Å². The summed E-state index contributed by atoms with van der Waals surface area (Å²) in [6.07, 6.45) is -80.3. The Morgan fingerprint density at radius 2 is 0.330 bits per heavy atom. The van der Waals surface area contributed by atoms with Crippen molar-refractivity contribution < 1.29 is 193 Å². The van der Waals surface area contributed by atoms with E-state index in [9.17, 15) is 117 Å². The normalized spacial score (nSPS) is 55.4. The Hall–Kier alpha value is -1.56. The summed E-state index contributed by atoms with van der Waals surface area (Å²) < 4.78 is 92.0. The Morgan fingerprint density at radius 3 is 0.523 bits per heavy atom. The van der Waals surface area contributed by atoms with Crippen LogP contribution in [0.2, 0.25) is 0 Å². The Balaban J connectivity index is 0.990. The van der Waals surface area contributed by atoms with E-state index < -0.39 is 292 Å². The molecule has 0 saturated carbocycles. The highest BCUT2D eigenvalue weighted by molar-refractivity contribution is 5.02. The lowest BCUT2D eigenvalue weighted by molar-refractivity contribution is -0.399. The minimum atomic E-state index is -2.28. The second kappa shape index (κ2) is 30.0. The van der Waals surface area contributed by atoms with Crippen LogP contribution in [0.15, 0.2) is 0 Å². The van der Waals surface area contributed by atoms with E-state index in [1.54, 1.807) is 0 Å². The number of hydrogen-bond donors (Lipinski definition) is 23.